The Morgan fingerprint density at radius 2 is 1.84 bits per heavy atom. The number of pyridine rings is 1. The van der Waals surface area contributed by atoms with Gasteiger partial charge in [-0.1, -0.05) is 11.6 Å². The number of aromatic nitrogens is 1. The fourth-order valence-corrected chi connectivity index (χ4v) is 3.52. The lowest BCUT2D eigenvalue weighted by molar-refractivity contribution is -0.137. The summed E-state index contributed by atoms with van der Waals surface area (Å²) >= 11 is 6.27. The summed E-state index contributed by atoms with van der Waals surface area (Å²) in [5, 5.41) is 21.7. The number of carbonyl (C=O) groups is 1. The molecule has 0 aliphatic carbocycles. The average Bonchev–Trinajstić information content (AvgIpc) is 2.73. The van der Waals surface area contributed by atoms with E-state index in [-0.39, 0.29) is 12.5 Å². The molecule has 1 aromatic carbocycles. The first-order valence-corrected chi connectivity index (χ1v) is 9.94. The fourth-order valence-electron chi connectivity index (χ4n) is 3.23. The summed E-state index contributed by atoms with van der Waals surface area (Å²) in [7, 11) is 0. The van der Waals surface area contributed by atoms with Gasteiger partial charge < -0.3 is 20.4 Å². The zero-order chi connectivity index (χ0) is 22.6. The van der Waals surface area contributed by atoms with Gasteiger partial charge in [-0.3, -0.25) is 9.69 Å². The molecule has 7 nitrogen and oxygen atoms in total. The highest BCUT2D eigenvalue weighted by molar-refractivity contribution is 6.33. The molecule has 1 fully saturated rings. The van der Waals surface area contributed by atoms with Gasteiger partial charge in [-0.2, -0.15) is 13.2 Å². The van der Waals surface area contributed by atoms with Crippen LogP contribution in [0.25, 0.3) is 0 Å². The minimum absolute atomic E-state index is 0.109. The van der Waals surface area contributed by atoms with Crippen LogP contribution in [0.3, 0.4) is 0 Å². The molecule has 168 valence electrons. The number of aliphatic hydroxyl groups excluding tert-OH is 2. The number of nitrogens with zero attached hydrogens (tertiary/aromatic N) is 3. The first kappa shape index (κ1) is 23.3. The van der Waals surface area contributed by atoms with Crippen LogP contribution in [0.4, 0.5) is 24.7 Å². The Bertz CT molecular complexity index is 904. The van der Waals surface area contributed by atoms with Gasteiger partial charge in [0.2, 0.25) is 5.91 Å². The minimum Gasteiger partial charge on any atom is -0.393 e. The standard InChI is InChI=1S/C20H22ClF3N4O3/c21-16-9-13(17(30)12-29)10-25-19(16)28-7-5-27(6-8-28)11-18(31)26-15-3-1-14(2-4-15)20(22,23)24/h1-4,9-10,17,29-30H,5-8,11-12H2,(H,26,31)/t17-/m1/s1. The fraction of sp³-hybridized carbons (Fsp3) is 0.400. The highest BCUT2D eigenvalue weighted by atomic mass is 35.5. The van der Waals surface area contributed by atoms with Gasteiger partial charge in [0.15, 0.2) is 0 Å². The third kappa shape index (κ3) is 6.07. The SMILES string of the molecule is O=C(CN1CCN(c2ncc([C@H](O)CO)cc2Cl)CC1)Nc1ccc(C(F)(F)F)cc1. The first-order chi connectivity index (χ1) is 14.7. The predicted molar refractivity (Wildman–Crippen MR) is 110 cm³/mol. The average molecular weight is 459 g/mol. The number of hydrogen-bond acceptors (Lipinski definition) is 6. The Balaban J connectivity index is 1.50. The lowest BCUT2D eigenvalue weighted by atomic mass is 10.1. The Labute approximate surface area is 182 Å². The molecule has 3 N–H and O–H groups in total. The van der Waals surface area contributed by atoms with Crippen LogP contribution in [0.5, 0.6) is 0 Å². The molecule has 1 saturated heterocycles. The summed E-state index contributed by atoms with van der Waals surface area (Å²) in [4.78, 5) is 20.4. The first-order valence-electron chi connectivity index (χ1n) is 9.56. The normalized spacial score (nSPS) is 16.3. The molecule has 0 radical (unpaired) electrons. The second kappa shape index (κ2) is 9.82. The van der Waals surface area contributed by atoms with Gasteiger partial charge >= 0.3 is 6.18 Å². The van der Waals surface area contributed by atoms with Crippen molar-refractivity contribution in [2.45, 2.75) is 12.3 Å². The van der Waals surface area contributed by atoms with Gasteiger partial charge in [0, 0.05) is 43.6 Å². The van der Waals surface area contributed by atoms with Crippen molar-refractivity contribution in [3.8, 4) is 0 Å². The molecule has 1 amide bonds. The van der Waals surface area contributed by atoms with Crippen molar-refractivity contribution in [1.29, 1.82) is 0 Å². The van der Waals surface area contributed by atoms with Gasteiger partial charge in [0.25, 0.3) is 0 Å². The van der Waals surface area contributed by atoms with Crippen molar-refractivity contribution in [3.63, 3.8) is 0 Å². The van der Waals surface area contributed by atoms with Crippen LogP contribution in [0.2, 0.25) is 5.02 Å². The molecule has 0 bridgehead atoms. The molecular formula is C20H22ClF3N4O3. The lowest BCUT2D eigenvalue weighted by Crippen LogP contribution is -2.49. The Morgan fingerprint density at radius 3 is 2.39 bits per heavy atom. The molecule has 1 aliphatic heterocycles. The summed E-state index contributed by atoms with van der Waals surface area (Å²) in [5.74, 6) is 0.246. The van der Waals surface area contributed by atoms with E-state index in [1.165, 1.54) is 18.3 Å². The number of amides is 1. The Morgan fingerprint density at radius 1 is 1.19 bits per heavy atom. The molecule has 1 aliphatic rings. The number of hydrogen-bond donors (Lipinski definition) is 3. The number of piperazine rings is 1. The van der Waals surface area contributed by atoms with Gasteiger partial charge in [-0.15, -0.1) is 0 Å². The summed E-state index contributed by atoms with van der Waals surface area (Å²) in [6.45, 7) is 1.96. The monoisotopic (exact) mass is 458 g/mol. The summed E-state index contributed by atoms with van der Waals surface area (Å²) in [6, 6.07) is 5.87. The maximum absolute atomic E-state index is 12.6. The third-order valence-electron chi connectivity index (χ3n) is 4.94. The van der Waals surface area contributed by atoms with E-state index in [0.717, 1.165) is 12.1 Å². The summed E-state index contributed by atoms with van der Waals surface area (Å²) in [5.41, 5.74) is -0.0413. The van der Waals surface area contributed by atoms with E-state index in [1.54, 1.807) is 6.07 Å². The number of anilines is 2. The zero-order valence-corrected chi connectivity index (χ0v) is 17.2. The zero-order valence-electron chi connectivity index (χ0n) is 16.4. The number of carbonyl (C=O) groups excluding carboxylic acids is 1. The molecule has 0 saturated carbocycles. The maximum Gasteiger partial charge on any atom is 0.416 e. The van der Waals surface area contributed by atoms with E-state index in [9.17, 15) is 23.1 Å². The molecule has 2 heterocycles. The van der Waals surface area contributed by atoms with Crippen molar-refractivity contribution in [1.82, 2.24) is 9.88 Å². The van der Waals surface area contributed by atoms with Crippen LogP contribution in [0.1, 0.15) is 17.2 Å². The number of halogens is 4. The van der Waals surface area contributed by atoms with E-state index in [0.29, 0.717) is 48.3 Å². The quantitative estimate of drug-likeness (QED) is 0.616. The predicted octanol–water partition coefficient (Wildman–Crippen LogP) is 2.54. The van der Waals surface area contributed by atoms with Crippen LogP contribution in [-0.4, -0.2) is 65.3 Å². The van der Waals surface area contributed by atoms with Crippen LogP contribution in [-0.2, 0) is 11.0 Å². The van der Waals surface area contributed by atoms with E-state index in [1.807, 2.05) is 9.80 Å². The van der Waals surface area contributed by atoms with Crippen molar-refractivity contribution in [3.05, 3.63) is 52.7 Å². The molecule has 2 aromatic rings. The molecule has 0 spiro atoms. The Hall–Kier alpha value is -2.40. The number of aliphatic hydroxyl groups is 2. The van der Waals surface area contributed by atoms with Crippen LogP contribution >= 0.6 is 11.6 Å². The number of rotatable bonds is 6. The Kier molecular flexibility index (Phi) is 7.37. The van der Waals surface area contributed by atoms with Crippen LogP contribution in [0.15, 0.2) is 36.5 Å². The van der Waals surface area contributed by atoms with Gasteiger partial charge in [-0.25, -0.2) is 4.98 Å². The van der Waals surface area contributed by atoms with Gasteiger partial charge in [-0.05, 0) is 30.3 Å². The molecule has 1 aromatic heterocycles. The third-order valence-corrected chi connectivity index (χ3v) is 5.21. The van der Waals surface area contributed by atoms with Crippen molar-refractivity contribution in [2.75, 3.05) is 49.5 Å². The van der Waals surface area contributed by atoms with E-state index in [4.69, 9.17) is 16.7 Å². The van der Waals surface area contributed by atoms with E-state index in [2.05, 4.69) is 10.3 Å². The largest absolute Gasteiger partial charge is 0.416 e. The summed E-state index contributed by atoms with van der Waals surface area (Å²) in [6.07, 6.45) is -4.00. The van der Waals surface area contributed by atoms with Gasteiger partial charge in [0.1, 0.15) is 11.9 Å². The molecule has 0 unspecified atom stereocenters. The summed E-state index contributed by atoms with van der Waals surface area (Å²) < 4.78 is 37.8. The van der Waals surface area contributed by atoms with Gasteiger partial charge in [0.05, 0.1) is 23.7 Å². The number of nitrogens with one attached hydrogen (secondary N) is 1. The minimum atomic E-state index is -4.42. The highest BCUT2D eigenvalue weighted by Crippen LogP contribution is 2.30. The molecule has 11 heteroatoms. The maximum atomic E-state index is 12.6. The van der Waals surface area contributed by atoms with Crippen molar-refractivity contribution in [2.24, 2.45) is 0 Å². The molecule has 31 heavy (non-hydrogen) atoms. The van der Waals surface area contributed by atoms with Crippen molar-refractivity contribution < 1.29 is 28.2 Å². The lowest BCUT2D eigenvalue weighted by Gasteiger charge is -2.35. The number of benzene rings is 1. The smallest absolute Gasteiger partial charge is 0.393 e. The molecular weight excluding hydrogens is 437 g/mol. The van der Waals surface area contributed by atoms with Crippen molar-refractivity contribution >= 4 is 29.0 Å². The van der Waals surface area contributed by atoms with Crippen LogP contribution < -0.4 is 10.2 Å². The molecule has 1 atom stereocenters. The topological polar surface area (TPSA) is 88.9 Å². The molecule has 3 rings (SSSR count). The van der Waals surface area contributed by atoms with Crippen LogP contribution in [0, 0.1) is 0 Å². The second-order valence-electron chi connectivity index (χ2n) is 7.16. The van der Waals surface area contributed by atoms with E-state index >= 15 is 0 Å². The van der Waals surface area contributed by atoms with E-state index < -0.39 is 24.5 Å². The second-order valence-corrected chi connectivity index (χ2v) is 7.57. The highest BCUT2D eigenvalue weighted by Gasteiger charge is 2.30. The number of alkyl halides is 3.